The molecule has 0 bridgehead atoms. The third-order valence-corrected chi connectivity index (χ3v) is 2.80. The fraction of sp³-hybridized carbons (Fsp3) is 0.692. The Kier molecular flexibility index (Phi) is 5.85. The molecule has 102 valence electrons. The number of ether oxygens (including phenoxy) is 1. The number of methoxy groups -OCH3 is 1. The van der Waals surface area contributed by atoms with Crippen molar-refractivity contribution in [1.82, 2.24) is 9.97 Å². The predicted molar refractivity (Wildman–Crippen MR) is 75.2 cm³/mol. The third kappa shape index (κ3) is 3.84. The van der Waals surface area contributed by atoms with E-state index in [4.69, 9.17) is 4.74 Å². The summed E-state index contributed by atoms with van der Waals surface area (Å²) in [4.78, 5) is 8.88. The van der Waals surface area contributed by atoms with E-state index < -0.39 is 0 Å². The summed E-state index contributed by atoms with van der Waals surface area (Å²) in [6, 6.07) is 0.275. The Labute approximate surface area is 109 Å². The van der Waals surface area contributed by atoms with Crippen LogP contribution >= 0.6 is 0 Å². The fourth-order valence-electron chi connectivity index (χ4n) is 1.76. The van der Waals surface area contributed by atoms with Crippen molar-refractivity contribution in [2.45, 2.75) is 40.2 Å². The highest BCUT2D eigenvalue weighted by molar-refractivity contribution is 5.57. The van der Waals surface area contributed by atoms with E-state index in [2.05, 4.69) is 34.4 Å². The molecule has 5 heteroatoms. The molecule has 1 atom stereocenters. The van der Waals surface area contributed by atoms with Crippen molar-refractivity contribution < 1.29 is 4.74 Å². The molecule has 1 unspecified atom stereocenters. The van der Waals surface area contributed by atoms with Crippen molar-refractivity contribution >= 4 is 11.6 Å². The highest BCUT2D eigenvalue weighted by atomic mass is 16.5. The van der Waals surface area contributed by atoms with Crippen LogP contribution in [-0.2, 0) is 4.74 Å². The molecule has 0 amide bonds. The van der Waals surface area contributed by atoms with Crippen LogP contribution in [0.15, 0.2) is 0 Å². The van der Waals surface area contributed by atoms with E-state index in [-0.39, 0.29) is 6.04 Å². The van der Waals surface area contributed by atoms with E-state index in [0.29, 0.717) is 6.61 Å². The molecule has 1 aromatic rings. The zero-order chi connectivity index (χ0) is 13.5. The SMILES string of the molecule is CCNc1nc(C)nc(NC(CC)COC)c1C. The van der Waals surface area contributed by atoms with Gasteiger partial charge in [-0.1, -0.05) is 6.92 Å². The molecular formula is C13H24N4O. The zero-order valence-electron chi connectivity index (χ0n) is 12.0. The van der Waals surface area contributed by atoms with Crippen molar-refractivity contribution in [2.75, 3.05) is 30.9 Å². The number of nitrogens with one attached hydrogen (secondary N) is 2. The van der Waals surface area contributed by atoms with Crippen LogP contribution in [0.2, 0.25) is 0 Å². The number of anilines is 2. The van der Waals surface area contributed by atoms with Gasteiger partial charge in [-0.25, -0.2) is 9.97 Å². The van der Waals surface area contributed by atoms with E-state index in [0.717, 1.165) is 36.0 Å². The van der Waals surface area contributed by atoms with E-state index in [1.807, 2.05) is 13.8 Å². The van der Waals surface area contributed by atoms with E-state index in [9.17, 15) is 0 Å². The summed E-state index contributed by atoms with van der Waals surface area (Å²) >= 11 is 0. The lowest BCUT2D eigenvalue weighted by Gasteiger charge is -2.19. The molecule has 0 aliphatic rings. The average Bonchev–Trinajstić information content (AvgIpc) is 2.34. The van der Waals surface area contributed by atoms with Crippen molar-refractivity contribution in [3.63, 3.8) is 0 Å². The molecule has 0 radical (unpaired) electrons. The Morgan fingerprint density at radius 3 is 2.39 bits per heavy atom. The molecule has 0 spiro atoms. The number of rotatable bonds is 7. The van der Waals surface area contributed by atoms with Gasteiger partial charge in [-0.3, -0.25) is 0 Å². The fourth-order valence-corrected chi connectivity index (χ4v) is 1.76. The standard InChI is InChI=1S/C13H24N4O/c1-6-11(8-18-5)17-13-9(3)12(14-7-2)15-10(4)16-13/h11H,6-8H2,1-5H3,(H2,14,15,16,17). The molecule has 2 N–H and O–H groups in total. The molecule has 1 aromatic heterocycles. The monoisotopic (exact) mass is 252 g/mol. The van der Waals surface area contributed by atoms with Crippen LogP contribution < -0.4 is 10.6 Å². The molecule has 1 heterocycles. The maximum atomic E-state index is 5.19. The van der Waals surface area contributed by atoms with Crippen molar-refractivity contribution in [3.05, 3.63) is 11.4 Å². The molecule has 0 saturated carbocycles. The van der Waals surface area contributed by atoms with Crippen molar-refractivity contribution in [3.8, 4) is 0 Å². The van der Waals surface area contributed by atoms with Gasteiger partial charge in [0, 0.05) is 19.2 Å². The van der Waals surface area contributed by atoms with Gasteiger partial charge in [0.2, 0.25) is 0 Å². The highest BCUT2D eigenvalue weighted by Gasteiger charge is 2.12. The summed E-state index contributed by atoms with van der Waals surface area (Å²) in [6.07, 6.45) is 0.993. The van der Waals surface area contributed by atoms with Crippen LogP contribution in [0.5, 0.6) is 0 Å². The Hall–Kier alpha value is -1.36. The second-order valence-electron chi connectivity index (χ2n) is 4.33. The Balaban J connectivity index is 2.93. The molecule has 0 fully saturated rings. The molecule has 1 rings (SSSR count). The smallest absolute Gasteiger partial charge is 0.135 e. The first kappa shape index (κ1) is 14.7. The summed E-state index contributed by atoms with van der Waals surface area (Å²) in [5, 5.41) is 6.68. The second-order valence-corrected chi connectivity index (χ2v) is 4.33. The first-order valence-electron chi connectivity index (χ1n) is 6.46. The highest BCUT2D eigenvalue weighted by Crippen LogP contribution is 2.20. The van der Waals surface area contributed by atoms with Crippen LogP contribution in [0.4, 0.5) is 11.6 Å². The lowest BCUT2D eigenvalue weighted by Crippen LogP contribution is -2.25. The van der Waals surface area contributed by atoms with Crippen LogP contribution in [0.25, 0.3) is 0 Å². The van der Waals surface area contributed by atoms with Crippen LogP contribution in [-0.4, -0.2) is 36.3 Å². The second kappa shape index (κ2) is 7.16. The van der Waals surface area contributed by atoms with Gasteiger partial charge in [-0.15, -0.1) is 0 Å². The number of aryl methyl sites for hydroxylation is 1. The van der Waals surface area contributed by atoms with Crippen molar-refractivity contribution in [1.29, 1.82) is 0 Å². The molecule has 5 nitrogen and oxygen atoms in total. The molecule has 0 aliphatic carbocycles. The van der Waals surface area contributed by atoms with Gasteiger partial charge in [-0.2, -0.15) is 0 Å². The van der Waals surface area contributed by atoms with E-state index >= 15 is 0 Å². The minimum absolute atomic E-state index is 0.275. The van der Waals surface area contributed by atoms with Gasteiger partial charge in [0.1, 0.15) is 17.5 Å². The molecule has 18 heavy (non-hydrogen) atoms. The quantitative estimate of drug-likeness (QED) is 0.780. The molecule has 0 saturated heterocycles. The molecule has 0 aliphatic heterocycles. The summed E-state index contributed by atoms with van der Waals surface area (Å²) < 4.78 is 5.19. The molecule has 0 aromatic carbocycles. The van der Waals surface area contributed by atoms with Crippen LogP contribution in [0, 0.1) is 13.8 Å². The zero-order valence-corrected chi connectivity index (χ0v) is 12.0. The van der Waals surface area contributed by atoms with Gasteiger partial charge in [0.05, 0.1) is 12.6 Å². The Bertz CT molecular complexity index is 381. The Morgan fingerprint density at radius 2 is 1.83 bits per heavy atom. The van der Waals surface area contributed by atoms with Crippen LogP contribution in [0.3, 0.4) is 0 Å². The van der Waals surface area contributed by atoms with Gasteiger partial charge in [-0.05, 0) is 27.2 Å². The van der Waals surface area contributed by atoms with Crippen LogP contribution in [0.1, 0.15) is 31.7 Å². The first-order valence-corrected chi connectivity index (χ1v) is 6.46. The van der Waals surface area contributed by atoms with E-state index in [1.54, 1.807) is 7.11 Å². The number of hydrogen-bond donors (Lipinski definition) is 2. The normalized spacial score (nSPS) is 12.3. The molecular weight excluding hydrogens is 228 g/mol. The first-order chi connectivity index (χ1) is 8.62. The maximum absolute atomic E-state index is 5.19. The van der Waals surface area contributed by atoms with Gasteiger partial charge >= 0.3 is 0 Å². The minimum Gasteiger partial charge on any atom is -0.383 e. The minimum atomic E-state index is 0.275. The summed E-state index contributed by atoms with van der Waals surface area (Å²) in [7, 11) is 1.71. The summed E-state index contributed by atoms with van der Waals surface area (Å²) in [5.41, 5.74) is 1.05. The number of aromatic nitrogens is 2. The van der Waals surface area contributed by atoms with Gasteiger partial charge in [0.25, 0.3) is 0 Å². The average molecular weight is 252 g/mol. The summed E-state index contributed by atoms with van der Waals surface area (Å²) in [5.74, 6) is 2.56. The Morgan fingerprint density at radius 1 is 1.17 bits per heavy atom. The number of hydrogen-bond acceptors (Lipinski definition) is 5. The maximum Gasteiger partial charge on any atom is 0.135 e. The predicted octanol–water partition coefficient (Wildman–Crippen LogP) is 2.36. The topological polar surface area (TPSA) is 59.1 Å². The summed E-state index contributed by atoms with van der Waals surface area (Å²) in [6.45, 7) is 9.65. The van der Waals surface area contributed by atoms with Gasteiger partial charge in [0.15, 0.2) is 0 Å². The van der Waals surface area contributed by atoms with Gasteiger partial charge < -0.3 is 15.4 Å². The van der Waals surface area contributed by atoms with E-state index in [1.165, 1.54) is 0 Å². The lowest BCUT2D eigenvalue weighted by molar-refractivity contribution is 0.184. The lowest BCUT2D eigenvalue weighted by atomic mass is 10.2. The number of nitrogens with zero attached hydrogens (tertiary/aromatic N) is 2. The largest absolute Gasteiger partial charge is 0.383 e. The van der Waals surface area contributed by atoms with Crippen molar-refractivity contribution in [2.24, 2.45) is 0 Å². The third-order valence-electron chi connectivity index (χ3n) is 2.80.